The van der Waals surface area contributed by atoms with Crippen LogP contribution in [-0.2, 0) is 4.79 Å². The van der Waals surface area contributed by atoms with Crippen LogP contribution in [0.15, 0.2) is 16.6 Å². The van der Waals surface area contributed by atoms with Gasteiger partial charge in [-0.25, -0.2) is 0 Å². The molecule has 0 aromatic heterocycles. The van der Waals surface area contributed by atoms with Gasteiger partial charge in [-0.2, -0.15) is 5.26 Å². The van der Waals surface area contributed by atoms with Crippen LogP contribution < -0.4 is 9.47 Å². The number of carbonyl (C=O) groups is 1. The molecule has 1 aromatic rings. The van der Waals surface area contributed by atoms with E-state index >= 15 is 0 Å². The molecule has 0 fully saturated rings. The normalized spacial score (nSPS) is 9.63. The molecule has 0 spiro atoms. The van der Waals surface area contributed by atoms with E-state index in [-0.39, 0.29) is 12.5 Å². The zero-order chi connectivity index (χ0) is 14.4. The first-order valence-corrected chi connectivity index (χ1v) is 6.48. The van der Waals surface area contributed by atoms with E-state index < -0.39 is 0 Å². The number of hydrogen-bond donors (Lipinski definition) is 0. The molecule has 1 amide bonds. The fourth-order valence-electron chi connectivity index (χ4n) is 1.30. The van der Waals surface area contributed by atoms with Gasteiger partial charge in [-0.1, -0.05) is 0 Å². The average molecular weight is 327 g/mol. The number of benzene rings is 1. The van der Waals surface area contributed by atoms with Crippen molar-refractivity contribution >= 4 is 21.8 Å². The van der Waals surface area contributed by atoms with Crippen molar-refractivity contribution in [3.05, 3.63) is 22.2 Å². The molecule has 102 valence electrons. The lowest BCUT2D eigenvalue weighted by molar-refractivity contribution is -0.130. The molecular formula is C13H15BrN2O3. The molecule has 0 saturated heterocycles. The third kappa shape index (κ3) is 4.14. The number of nitrogens with zero attached hydrogens (tertiary/aromatic N) is 2. The Morgan fingerprint density at radius 2 is 2.11 bits per heavy atom. The maximum absolute atomic E-state index is 11.5. The number of ether oxygens (including phenoxy) is 2. The van der Waals surface area contributed by atoms with Crippen LogP contribution in [0.1, 0.15) is 12.5 Å². The molecule has 0 N–H and O–H groups in total. The molecule has 0 radical (unpaired) electrons. The van der Waals surface area contributed by atoms with E-state index in [9.17, 15) is 4.79 Å². The van der Waals surface area contributed by atoms with Gasteiger partial charge in [-0.3, -0.25) is 4.79 Å². The third-order valence-electron chi connectivity index (χ3n) is 2.28. The standard InChI is InChI=1S/C13H15BrN2O3/c1-4-18-11-6-9(7-15)5-10(14)13(11)19-8-12(17)16(2)3/h5-6H,4,8H2,1-3H3. The molecule has 1 rings (SSSR count). The number of halogens is 1. The van der Waals surface area contributed by atoms with Crippen LogP contribution in [-0.4, -0.2) is 38.1 Å². The largest absolute Gasteiger partial charge is 0.490 e. The summed E-state index contributed by atoms with van der Waals surface area (Å²) in [7, 11) is 3.31. The van der Waals surface area contributed by atoms with E-state index in [1.807, 2.05) is 13.0 Å². The molecule has 0 atom stereocenters. The summed E-state index contributed by atoms with van der Waals surface area (Å²) in [5.74, 6) is 0.717. The van der Waals surface area contributed by atoms with Crippen LogP contribution in [0.25, 0.3) is 0 Å². The number of likely N-dealkylation sites (N-methyl/N-ethyl adjacent to an activating group) is 1. The minimum Gasteiger partial charge on any atom is -0.490 e. The Morgan fingerprint density at radius 1 is 1.42 bits per heavy atom. The second-order valence-corrected chi connectivity index (χ2v) is 4.76. The molecule has 0 aliphatic heterocycles. The highest BCUT2D eigenvalue weighted by atomic mass is 79.9. The Morgan fingerprint density at radius 3 is 2.63 bits per heavy atom. The van der Waals surface area contributed by atoms with E-state index in [0.717, 1.165) is 0 Å². The van der Waals surface area contributed by atoms with Crippen LogP contribution in [0.2, 0.25) is 0 Å². The summed E-state index contributed by atoms with van der Waals surface area (Å²) in [6, 6.07) is 5.25. The minimum absolute atomic E-state index is 0.0857. The molecule has 0 heterocycles. The van der Waals surface area contributed by atoms with E-state index in [0.29, 0.717) is 28.1 Å². The van der Waals surface area contributed by atoms with Gasteiger partial charge < -0.3 is 14.4 Å². The van der Waals surface area contributed by atoms with Crippen LogP contribution >= 0.6 is 15.9 Å². The molecule has 19 heavy (non-hydrogen) atoms. The summed E-state index contributed by atoms with van der Waals surface area (Å²) in [5.41, 5.74) is 0.460. The van der Waals surface area contributed by atoms with Gasteiger partial charge in [0.05, 0.1) is 22.7 Å². The highest BCUT2D eigenvalue weighted by Gasteiger charge is 2.14. The first kappa shape index (κ1) is 15.3. The first-order chi connectivity index (χ1) is 8.99. The topological polar surface area (TPSA) is 62.6 Å². The highest BCUT2D eigenvalue weighted by Crippen LogP contribution is 2.36. The monoisotopic (exact) mass is 326 g/mol. The van der Waals surface area contributed by atoms with Crippen LogP contribution in [0.4, 0.5) is 0 Å². The Labute approximate surface area is 120 Å². The second kappa shape index (κ2) is 7.00. The van der Waals surface area contributed by atoms with Crippen molar-refractivity contribution in [2.75, 3.05) is 27.3 Å². The van der Waals surface area contributed by atoms with Gasteiger partial charge in [0.2, 0.25) is 0 Å². The Kier molecular flexibility index (Phi) is 5.64. The molecule has 6 heteroatoms. The van der Waals surface area contributed by atoms with Gasteiger partial charge in [0.15, 0.2) is 18.1 Å². The van der Waals surface area contributed by atoms with Gasteiger partial charge >= 0.3 is 0 Å². The third-order valence-corrected chi connectivity index (χ3v) is 2.87. The lowest BCUT2D eigenvalue weighted by atomic mass is 10.2. The zero-order valence-electron chi connectivity index (χ0n) is 11.1. The molecule has 0 saturated carbocycles. The zero-order valence-corrected chi connectivity index (χ0v) is 12.7. The maximum Gasteiger partial charge on any atom is 0.259 e. The van der Waals surface area contributed by atoms with E-state index in [1.54, 1.807) is 26.2 Å². The SMILES string of the molecule is CCOc1cc(C#N)cc(Br)c1OCC(=O)N(C)C. The van der Waals surface area contributed by atoms with Gasteiger partial charge in [-0.15, -0.1) is 0 Å². The van der Waals surface area contributed by atoms with Crippen LogP contribution in [0.5, 0.6) is 11.5 Å². The lowest BCUT2D eigenvalue weighted by Gasteiger charge is -2.15. The summed E-state index contributed by atoms with van der Waals surface area (Å²) in [4.78, 5) is 13.0. The summed E-state index contributed by atoms with van der Waals surface area (Å²) >= 11 is 3.31. The van der Waals surface area contributed by atoms with E-state index in [4.69, 9.17) is 14.7 Å². The summed E-state index contributed by atoms with van der Waals surface area (Å²) in [6.07, 6.45) is 0. The molecule has 0 bridgehead atoms. The smallest absolute Gasteiger partial charge is 0.259 e. The molecule has 0 aliphatic rings. The number of rotatable bonds is 5. The number of nitriles is 1. The van der Waals surface area contributed by atoms with Crippen molar-refractivity contribution in [2.45, 2.75) is 6.92 Å². The molecular weight excluding hydrogens is 312 g/mol. The average Bonchev–Trinajstić information content (AvgIpc) is 2.37. The van der Waals surface area contributed by atoms with Crippen molar-refractivity contribution in [1.82, 2.24) is 4.90 Å². The van der Waals surface area contributed by atoms with Crippen molar-refractivity contribution in [3.63, 3.8) is 0 Å². The Balaban J connectivity index is 2.98. The first-order valence-electron chi connectivity index (χ1n) is 5.69. The van der Waals surface area contributed by atoms with Gasteiger partial charge in [0.25, 0.3) is 5.91 Å². The Bertz CT molecular complexity index is 509. The second-order valence-electron chi connectivity index (χ2n) is 3.91. The summed E-state index contributed by atoms with van der Waals surface area (Å²) < 4.78 is 11.5. The molecule has 1 aromatic carbocycles. The van der Waals surface area contributed by atoms with Gasteiger partial charge in [-0.05, 0) is 28.9 Å². The maximum atomic E-state index is 11.5. The summed E-state index contributed by atoms with van der Waals surface area (Å²) in [6.45, 7) is 2.19. The number of carbonyl (C=O) groups excluding carboxylic acids is 1. The van der Waals surface area contributed by atoms with Crippen molar-refractivity contribution in [1.29, 1.82) is 5.26 Å². The Hall–Kier alpha value is -1.74. The van der Waals surface area contributed by atoms with Crippen LogP contribution in [0.3, 0.4) is 0 Å². The fraction of sp³-hybridized carbons (Fsp3) is 0.385. The van der Waals surface area contributed by atoms with E-state index in [2.05, 4.69) is 15.9 Å². The fourth-order valence-corrected chi connectivity index (χ4v) is 1.86. The van der Waals surface area contributed by atoms with Crippen molar-refractivity contribution in [2.24, 2.45) is 0 Å². The van der Waals surface area contributed by atoms with Crippen molar-refractivity contribution in [3.8, 4) is 17.6 Å². The molecule has 0 unspecified atom stereocenters. The molecule has 0 aliphatic carbocycles. The predicted octanol–water partition coefficient (Wildman–Crippen LogP) is 2.19. The predicted molar refractivity (Wildman–Crippen MR) is 74.2 cm³/mol. The van der Waals surface area contributed by atoms with Gasteiger partial charge in [0.1, 0.15) is 0 Å². The summed E-state index contributed by atoms with van der Waals surface area (Å²) in [5, 5.41) is 8.91. The highest BCUT2D eigenvalue weighted by molar-refractivity contribution is 9.10. The quantitative estimate of drug-likeness (QED) is 0.832. The number of amides is 1. The van der Waals surface area contributed by atoms with Crippen molar-refractivity contribution < 1.29 is 14.3 Å². The van der Waals surface area contributed by atoms with Crippen LogP contribution in [0, 0.1) is 11.3 Å². The number of hydrogen-bond acceptors (Lipinski definition) is 4. The van der Waals surface area contributed by atoms with Gasteiger partial charge in [0, 0.05) is 20.2 Å². The van der Waals surface area contributed by atoms with E-state index in [1.165, 1.54) is 4.90 Å². The lowest BCUT2D eigenvalue weighted by Crippen LogP contribution is -2.27. The molecule has 5 nitrogen and oxygen atoms in total. The minimum atomic E-state index is -0.154.